The molecule has 4 nitrogen and oxygen atoms in total. The first kappa shape index (κ1) is 13.9. The smallest absolute Gasteiger partial charge is 0.269 e. The minimum Gasteiger partial charge on any atom is -0.378 e. The van der Waals surface area contributed by atoms with Crippen molar-refractivity contribution in [1.82, 2.24) is 0 Å². The lowest BCUT2D eigenvalue weighted by molar-refractivity contribution is -0.384. The monoisotopic (exact) mass is 278 g/mol. The molecule has 0 aliphatic rings. The number of nitrogens with zero attached hydrogens (tertiary/aromatic N) is 1. The number of anilines is 1. The van der Waals surface area contributed by atoms with Gasteiger partial charge >= 0.3 is 0 Å². The van der Waals surface area contributed by atoms with Crippen LogP contribution >= 0.6 is 0 Å². The molecule has 0 bridgehead atoms. The molecule has 0 fully saturated rings. The summed E-state index contributed by atoms with van der Waals surface area (Å²) in [7, 11) is 0. The molecule has 2 aromatic carbocycles. The van der Waals surface area contributed by atoms with Crippen LogP contribution in [0.2, 0.25) is 0 Å². The molecule has 0 aromatic heterocycles. The van der Waals surface area contributed by atoms with Gasteiger partial charge in [0, 0.05) is 29.9 Å². The van der Waals surface area contributed by atoms with E-state index in [1.165, 1.54) is 18.2 Å². The summed E-state index contributed by atoms with van der Waals surface area (Å²) in [6, 6.07) is 9.35. The molecule has 20 heavy (non-hydrogen) atoms. The number of hydrogen-bond acceptors (Lipinski definition) is 3. The van der Waals surface area contributed by atoms with E-state index in [9.17, 15) is 18.9 Å². The van der Waals surface area contributed by atoms with Crippen LogP contribution in [0.25, 0.3) is 0 Å². The zero-order valence-electron chi connectivity index (χ0n) is 10.6. The molecule has 0 heterocycles. The van der Waals surface area contributed by atoms with Gasteiger partial charge in [0.1, 0.15) is 0 Å². The second-order valence-electron chi connectivity index (χ2n) is 4.35. The number of non-ortho nitro benzene ring substituents is 1. The predicted molar refractivity (Wildman–Crippen MR) is 71.5 cm³/mol. The Kier molecular flexibility index (Phi) is 3.93. The third kappa shape index (κ3) is 3.09. The first-order valence-electron chi connectivity index (χ1n) is 5.93. The second kappa shape index (κ2) is 5.64. The molecule has 0 radical (unpaired) electrons. The van der Waals surface area contributed by atoms with Gasteiger partial charge in [0.2, 0.25) is 0 Å². The van der Waals surface area contributed by atoms with Gasteiger partial charge in [-0.05, 0) is 24.6 Å². The Morgan fingerprint density at radius 1 is 1.15 bits per heavy atom. The number of nitro benzene ring substituents is 1. The summed E-state index contributed by atoms with van der Waals surface area (Å²) in [5.74, 6) is -1.86. The van der Waals surface area contributed by atoms with E-state index in [-0.39, 0.29) is 11.7 Å². The van der Waals surface area contributed by atoms with Crippen LogP contribution in [0.5, 0.6) is 0 Å². The first-order chi connectivity index (χ1) is 9.47. The van der Waals surface area contributed by atoms with Crippen LogP contribution < -0.4 is 5.32 Å². The van der Waals surface area contributed by atoms with Gasteiger partial charge in [-0.15, -0.1) is 0 Å². The highest BCUT2D eigenvalue weighted by Crippen LogP contribution is 2.23. The highest BCUT2D eigenvalue weighted by atomic mass is 19.2. The summed E-state index contributed by atoms with van der Waals surface area (Å²) in [6.45, 7) is 1.78. The van der Waals surface area contributed by atoms with Crippen LogP contribution in [0.4, 0.5) is 20.2 Å². The fourth-order valence-electron chi connectivity index (χ4n) is 1.83. The number of halogens is 2. The van der Waals surface area contributed by atoms with Gasteiger partial charge in [-0.2, -0.15) is 0 Å². The molecule has 1 unspecified atom stereocenters. The van der Waals surface area contributed by atoms with Crippen molar-refractivity contribution in [3.05, 3.63) is 69.8 Å². The van der Waals surface area contributed by atoms with Crippen molar-refractivity contribution in [2.45, 2.75) is 13.0 Å². The predicted octanol–water partition coefficient (Wildman–Crippen LogP) is 4.05. The highest BCUT2D eigenvalue weighted by Gasteiger charge is 2.11. The molecular formula is C14H12F2N2O2. The number of benzene rings is 2. The molecule has 0 saturated heterocycles. The summed E-state index contributed by atoms with van der Waals surface area (Å²) >= 11 is 0. The third-order valence-corrected chi connectivity index (χ3v) is 2.88. The molecule has 1 N–H and O–H groups in total. The molecule has 2 rings (SSSR count). The van der Waals surface area contributed by atoms with Gasteiger partial charge in [0.25, 0.3) is 5.69 Å². The Morgan fingerprint density at radius 2 is 1.90 bits per heavy atom. The molecule has 0 aliphatic heterocycles. The SMILES string of the molecule is CC(Nc1ccc(F)c(F)c1)c1cccc([N+](=O)[O-])c1. The van der Waals surface area contributed by atoms with E-state index in [0.717, 1.165) is 12.1 Å². The first-order valence-corrected chi connectivity index (χ1v) is 5.93. The minimum atomic E-state index is -0.943. The Bertz CT molecular complexity index is 647. The van der Waals surface area contributed by atoms with Gasteiger partial charge in [0.05, 0.1) is 4.92 Å². The van der Waals surface area contributed by atoms with E-state index in [1.54, 1.807) is 19.1 Å². The summed E-state index contributed by atoms with van der Waals surface area (Å²) in [5.41, 5.74) is 1.08. The zero-order chi connectivity index (χ0) is 14.7. The van der Waals surface area contributed by atoms with Gasteiger partial charge < -0.3 is 5.32 Å². The highest BCUT2D eigenvalue weighted by molar-refractivity contribution is 5.47. The molecule has 0 spiro atoms. The zero-order valence-corrected chi connectivity index (χ0v) is 10.6. The lowest BCUT2D eigenvalue weighted by Crippen LogP contribution is -2.07. The van der Waals surface area contributed by atoms with Crippen molar-refractivity contribution in [3.63, 3.8) is 0 Å². The Morgan fingerprint density at radius 3 is 2.55 bits per heavy atom. The number of hydrogen-bond donors (Lipinski definition) is 1. The van der Waals surface area contributed by atoms with Gasteiger partial charge in [0.15, 0.2) is 11.6 Å². The van der Waals surface area contributed by atoms with Crippen LogP contribution in [0.3, 0.4) is 0 Å². The van der Waals surface area contributed by atoms with Crippen LogP contribution in [0.1, 0.15) is 18.5 Å². The Labute approximate surface area is 114 Å². The van der Waals surface area contributed by atoms with E-state index in [2.05, 4.69) is 5.32 Å². The van der Waals surface area contributed by atoms with E-state index in [0.29, 0.717) is 11.3 Å². The van der Waals surface area contributed by atoms with Gasteiger partial charge in [-0.3, -0.25) is 10.1 Å². The average molecular weight is 278 g/mol. The van der Waals surface area contributed by atoms with Crippen molar-refractivity contribution in [3.8, 4) is 0 Å². The molecular weight excluding hydrogens is 266 g/mol. The Hall–Kier alpha value is -2.50. The van der Waals surface area contributed by atoms with E-state index in [4.69, 9.17) is 0 Å². The van der Waals surface area contributed by atoms with Crippen LogP contribution in [0, 0.1) is 21.7 Å². The molecule has 0 saturated carbocycles. The third-order valence-electron chi connectivity index (χ3n) is 2.88. The van der Waals surface area contributed by atoms with Crippen LogP contribution in [0.15, 0.2) is 42.5 Å². The molecule has 1 atom stereocenters. The number of rotatable bonds is 4. The van der Waals surface area contributed by atoms with E-state index in [1.807, 2.05) is 0 Å². The van der Waals surface area contributed by atoms with Gasteiger partial charge in [-0.25, -0.2) is 8.78 Å². The van der Waals surface area contributed by atoms with Crippen LogP contribution in [-0.4, -0.2) is 4.92 Å². The van der Waals surface area contributed by atoms with Crippen molar-refractivity contribution >= 4 is 11.4 Å². The molecule has 0 amide bonds. The molecule has 2 aromatic rings. The summed E-state index contributed by atoms with van der Waals surface area (Å²) < 4.78 is 25.9. The lowest BCUT2D eigenvalue weighted by atomic mass is 10.1. The number of nitro groups is 1. The molecule has 104 valence electrons. The van der Waals surface area contributed by atoms with Crippen molar-refractivity contribution in [2.24, 2.45) is 0 Å². The largest absolute Gasteiger partial charge is 0.378 e. The topological polar surface area (TPSA) is 55.2 Å². The van der Waals surface area contributed by atoms with Gasteiger partial charge in [-0.1, -0.05) is 12.1 Å². The van der Waals surface area contributed by atoms with Crippen LogP contribution in [-0.2, 0) is 0 Å². The average Bonchev–Trinajstić information content (AvgIpc) is 2.43. The maximum absolute atomic E-state index is 13.1. The maximum Gasteiger partial charge on any atom is 0.269 e. The Balaban J connectivity index is 2.19. The summed E-state index contributed by atoms with van der Waals surface area (Å²) in [6.07, 6.45) is 0. The van der Waals surface area contributed by atoms with Crippen molar-refractivity contribution in [2.75, 3.05) is 5.32 Å². The molecule has 0 aliphatic carbocycles. The molecule has 6 heteroatoms. The fourth-order valence-corrected chi connectivity index (χ4v) is 1.83. The summed E-state index contributed by atoms with van der Waals surface area (Å²) in [5, 5.41) is 13.7. The minimum absolute atomic E-state index is 0.0126. The van der Waals surface area contributed by atoms with E-state index >= 15 is 0 Å². The van der Waals surface area contributed by atoms with Crippen molar-refractivity contribution < 1.29 is 13.7 Å². The standard InChI is InChI=1S/C14H12F2N2O2/c1-9(10-3-2-4-12(7-10)18(19)20)17-11-5-6-13(15)14(16)8-11/h2-9,17H,1H3. The number of nitrogens with one attached hydrogen (secondary N) is 1. The normalized spacial score (nSPS) is 11.9. The van der Waals surface area contributed by atoms with Crippen molar-refractivity contribution in [1.29, 1.82) is 0 Å². The van der Waals surface area contributed by atoms with E-state index < -0.39 is 16.6 Å². The fraction of sp³-hybridized carbons (Fsp3) is 0.143. The quantitative estimate of drug-likeness (QED) is 0.678. The maximum atomic E-state index is 13.1. The lowest BCUT2D eigenvalue weighted by Gasteiger charge is -2.15. The summed E-state index contributed by atoms with van der Waals surface area (Å²) in [4.78, 5) is 10.2. The second-order valence-corrected chi connectivity index (χ2v) is 4.35.